The van der Waals surface area contributed by atoms with Gasteiger partial charge in [0.05, 0.1) is 23.7 Å². The van der Waals surface area contributed by atoms with E-state index in [2.05, 4.69) is 58.1 Å². The average molecular weight is 590 g/mol. The van der Waals surface area contributed by atoms with E-state index in [0.717, 1.165) is 37.7 Å². The highest BCUT2D eigenvalue weighted by Gasteiger charge is 2.68. The monoisotopic (exact) mass is 589 g/mol. The van der Waals surface area contributed by atoms with Crippen molar-refractivity contribution in [1.82, 2.24) is 10.2 Å². The fraction of sp³-hybridized carbons (Fsp3) is 0.743. The van der Waals surface area contributed by atoms with Crippen LogP contribution >= 0.6 is 0 Å². The van der Waals surface area contributed by atoms with Crippen LogP contribution < -0.4 is 5.32 Å². The van der Waals surface area contributed by atoms with Crippen LogP contribution in [0, 0.1) is 52.3 Å². The summed E-state index contributed by atoms with van der Waals surface area (Å²) in [6.45, 7) is 14.5. The van der Waals surface area contributed by atoms with Crippen LogP contribution in [0.25, 0.3) is 0 Å². The van der Waals surface area contributed by atoms with Crippen molar-refractivity contribution in [3.05, 3.63) is 35.9 Å². The van der Waals surface area contributed by atoms with Crippen molar-refractivity contribution in [3.8, 4) is 6.07 Å². The van der Waals surface area contributed by atoms with Crippen LogP contribution in [0.5, 0.6) is 0 Å². The van der Waals surface area contributed by atoms with E-state index in [1.807, 2.05) is 30.0 Å². The van der Waals surface area contributed by atoms with E-state index in [1.165, 1.54) is 6.42 Å². The summed E-state index contributed by atoms with van der Waals surface area (Å²) in [4.78, 5) is 28.2. The van der Waals surface area contributed by atoms with Gasteiger partial charge in [0.15, 0.2) is 0 Å². The lowest BCUT2D eigenvalue weighted by atomic mass is 9.43. The zero-order valence-corrected chi connectivity index (χ0v) is 27.2. The number of nitrogens with zero attached hydrogens (tertiary/aromatic N) is 2. The summed E-state index contributed by atoms with van der Waals surface area (Å²) in [5.74, 6) is 1.22. The van der Waals surface area contributed by atoms with Gasteiger partial charge in [0.2, 0.25) is 11.8 Å². The number of piperidine rings is 1. The highest BCUT2D eigenvalue weighted by Crippen LogP contribution is 2.65. The third-order valence-electron chi connectivity index (χ3n) is 11.9. The van der Waals surface area contributed by atoms with Crippen LogP contribution in [-0.2, 0) is 25.3 Å². The molecular formula is C35H52BN3O4. The van der Waals surface area contributed by atoms with Crippen molar-refractivity contribution in [2.75, 3.05) is 13.1 Å². The molecule has 1 N–H and O–H groups in total. The minimum absolute atomic E-state index is 0.0168. The van der Waals surface area contributed by atoms with E-state index in [-0.39, 0.29) is 40.8 Å². The van der Waals surface area contributed by atoms with Crippen molar-refractivity contribution in [2.24, 2.45) is 40.9 Å². The lowest BCUT2D eigenvalue weighted by Gasteiger charge is -2.64. The molecular weight excluding hydrogens is 537 g/mol. The quantitative estimate of drug-likeness (QED) is 0.329. The van der Waals surface area contributed by atoms with E-state index in [4.69, 9.17) is 9.31 Å². The van der Waals surface area contributed by atoms with Gasteiger partial charge in [-0.3, -0.25) is 9.59 Å². The zero-order chi connectivity index (χ0) is 30.9. The van der Waals surface area contributed by atoms with Gasteiger partial charge in [-0.05, 0) is 92.4 Å². The second kappa shape index (κ2) is 12.9. The maximum atomic E-state index is 13.3. The zero-order valence-electron chi connectivity index (χ0n) is 27.2. The molecule has 0 aromatic heterocycles. The maximum absolute atomic E-state index is 13.3. The second-order valence-electron chi connectivity index (χ2n) is 15.1. The molecule has 0 spiro atoms. The topological polar surface area (TPSA) is 91.7 Å². The molecule has 5 aliphatic rings. The van der Waals surface area contributed by atoms with Crippen molar-refractivity contribution < 1.29 is 18.9 Å². The van der Waals surface area contributed by atoms with Crippen LogP contribution in [0.2, 0.25) is 0 Å². The van der Waals surface area contributed by atoms with Crippen LogP contribution in [0.4, 0.5) is 0 Å². The summed E-state index contributed by atoms with van der Waals surface area (Å²) in [5.41, 5.74) is 1.13. The fourth-order valence-electron chi connectivity index (χ4n) is 8.41. The first-order valence-corrected chi connectivity index (χ1v) is 16.8. The predicted octanol–water partition coefficient (Wildman–Crippen LogP) is 5.82. The Bertz CT molecular complexity index is 1180. The molecule has 7 atom stereocenters. The Morgan fingerprint density at radius 3 is 2.44 bits per heavy atom. The first kappa shape index (κ1) is 32.0. The molecule has 2 aliphatic heterocycles. The van der Waals surface area contributed by atoms with Gasteiger partial charge in [-0.2, -0.15) is 5.26 Å². The Morgan fingerprint density at radius 1 is 1.12 bits per heavy atom. The molecule has 2 unspecified atom stereocenters. The van der Waals surface area contributed by atoms with Crippen LogP contribution in [0.1, 0.15) is 92.1 Å². The van der Waals surface area contributed by atoms with Gasteiger partial charge in [0, 0.05) is 19.5 Å². The molecule has 3 saturated carbocycles. The maximum Gasteiger partial charge on any atom is 0.482 e. The Balaban J connectivity index is 1.12. The standard InChI is InChI=1S/C35H52BN3O4/c1-23(2)24(3)28(22-37)33(41)39-17-15-25(16-18-39)13-10-14-32(40)38-31(19-26-11-8-7-9-12-26)36-42-30-21-27-20-29(34(27,4)5)35(30,6)43-36/h7-9,11-12,23-25,27-31H,10,13-21H2,1-6H3,(H,38,40)/t24?,27-,28?,29-,30+,31-,35-/m0/s1. The number of amides is 2. The fourth-order valence-corrected chi connectivity index (χ4v) is 8.41. The lowest BCUT2D eigenvalue weighted by Crippen LogP contribution is -2.65. The van der Waals surface area contributed by atoms with E-state index in [1.54, 1.807) is 0 Å². The van der Waals surface area contributed by atoms with Crippen LogP contribution in [-0.4, -0.2) is 54.6 Å². The normalized spacial score (nSPS) is 30.1. The predicted molar refractivity (Wildman–Crippen MR) is 168 cm³/mol. The number of nitrogens with one attached hydrogen (secondary N) is 1. The van der Waals surface area contributed by atoms with Crippen LogP contribution in [0.15, 0.2) is 30.3 Å². The number of carbonyl (C=O) groups is 2. The summed E-state index contributed by atoms with van der Waals surface area (Å²) >= 11 is 0. The first-order valence-electron chi connectivity index (χ1n) is 16.8. The Labute approximate surface area is 259 Å². The van der Waals surface area contributed by atoms with E-state index in [9.17, 15) is 14.9 Å². The molecule has 2 saturated heterocycles. The molecule has 1 aromatic rings. The van der Waals surface area contributed by atoms with Crippen LogP contribution in [0.3, 0.4) is 0 Å². The molecule has 0 radical (unpaired) electrons. The number of likely N-dealkylation sites (tertiary alicyclic amines) is 1. The third-order valence-corrected chi connectivity index (χ3v) is 11.9. The third kappa shape index (κ3) is 6.54. The molecule has 8 heteroatoms. The van der Waals surface area contributed by atoms with Crippen molar-refractivity contribution >= 4 is 18.9 Å². The number of hydrogen-bond acceptors (Lipinski definition) is 5. The highest BCUT2D eigenvalue weighted by atomic mass is 16.7. The molecule has 7 nitrogen and oxygen atoms in total. The molecule has 234 valence electrons. The van der Waals surface area contributed by atoms with Crippen molar-refractivity contribution in [2.45, 2.75) is 111 Å². The van der Waals surface area contributed by atoms with E-state index < -0.39 is 13.0 Å². The minimum Gasteiger partial charge on any atom is -0.404 e. The summed E-state index contributed by atoms with van der Waals surface area (Å²) < 4.78 is 13.4. The average Bonchev–Trinajstić information content (AvgIpc) is 3.35. The first-order chi connectivity index (χ1) is 20.4. The molecule has 5 fully saturated rings. The van der Waals surface area contributed by atoms with Gasteiger partial charge in [-0.15, -0.1) is 0 Å². The molecule has 6 rings (SSSR count). The molecule has 1 aromatic carbocycles. The summed E-state index contributed by atoms with van der Waals surface area (Å²) in [5, 5.41) is 12.9. The lowest BCUT2D eigenvalue weighted by molar-refractivity contribution is -0.199. The van der Waals surface area contributed by atoms with Gasteiger partial charge in [-0.1, -0.05) is 65.0 Å². The smallest absolute Gasteiger partial charge is 0.404 e. The minimum atomic E-state index is -0.569. The SMILES string of the molecule is CC(C)C(C)C(C#N)C(=O)N1CCC(CCCC(=O)N[C@@H](Cc2ccccc2)B2O[C@@H]3C[C@@H]4C[C@@H](C4(C)C)[C@]3(C)O2)CC1. The molecule has 43 heavy (non-hydrogen) atoms. The van der Waals surface area contributed by atoms with Gasteiger partial charge in [-0.25, -0.2) is 0 Å². The molecule has 2 amide bonds. The summed E-state index contributed by atoms with van der Waals surface area (Å²) in [6, 6.07) is 12.5. The van der Waals surface area contributed by atoms with Gasteiger partial charge in [0.25, 0.3) is 0 Å². The number of hydrogen-bond donors (Lipinski definition) is 1. The van der Waals surface area contributed by atoms with Gasteiger partial charge < -0.3 is 19.5 Å². The van der Waals surface area contributed by atoms with Crippen molar-refractivity contribution in [1.29, 1.82) is 5.26 Å². The molecule has 2 bridgehead atoms. The number of carbonyl (C=O) groups excluding carboxylic acids is 2. The van der Waals surface area contributed by atoms with Gasteiger partial charge >= 0.3 is 7.12 Å². The largest absolute Gasteiger partial charge is 0.482 e. The second-order valence-corrected chi connectivity index (χ2v) is 15.1. The summed E-state index contributed by atoms with van der Waals surface area (Å²) in [7, 11) is -0.452. The number of benzene rings is 1. The Morgan fingerprint density at radius 2 is 1.81 bits per heavy atom. The Kier molecular flexibility index (Phi) is 9.64. The van der Waals surface area contributed by atoms with Gasteiger partial charge in [0.1, 0.15) is 5.92 Å². The highest BCUT2D eigenvalue weighted by molar-refractivity contribution is 6.48. The molecule has 2 heterocycles. The number of rotatable bonds is 11. The van der Waals surface area contributed by atoms with E-state index in [0.29, 0.717) is 49.6 Å². The number of nitriles is 1. The van der Waals surface area contributed by atoms with E-state index >= 15 is 0 Å². The summed E-state index contributed by atoms with van der Waals surface area (Å²) in [6.07, 6.45) is 7.10. The van der Waals surface area contributed by atoms with Crippen molar-refractivity contribution in [3.63, 3.8) is 0 Å². The molecule has 3 aliphatic carbocycles. The Hall–Kier alpha value is -2.37.